The van der Waals surface area contributed by atoms with Crippen LogP contribution in [0.5, 0.6) is 5.75 Å². The fourth-order valence-corrected chi connectivity index (χ4v) is 2.44. The van der Waals surface area contributed by atoms with Crippen molar-refractivity contribution in [2.45, 2.75) is 19.6 Å². The Hall–Kier alpha value is -2.57. The second-order valence-electron chi connectivity index (χ2n) is 5.43. The Morgan fingerprint density at radius 1 is 1.19 bits per heavy atom. The van der Waals surface area contributed by atoms with Gasteiger partial charge in [-0.3, -0.25) is 4.79 Å². The molecule has 134 valence electrons. The third-order valence-electron chi connectivity index (χ3n) is 3.49. The summed E-state index contributed by atoms with van der Waals surface area (Å²) in [4.78, 5) is 16.4. The minimum Gasteiger partial charge on any atom is -0.479 e. The molecule has 3 aromatic rings. The first-order valence-electron chi connectivity index (χ1n) is 7.80. The number of benzene rings is 2. The number of amides is 1. The number of aromatic nitrogens is 2. The molecule has 0 radical (unpaired) electrons. The van der Waals surface area contributed by atoms with Crippen molar-refractivity contribution < 1.29 is 14.1 Å². The smallest absolute Gasteiger partial charge is 0.261 e. The van der Waals surface area contributed by atoms with Gasteiger partial charge in [-0.15, -0.1) is 0 Å². The molecule has 0 spiro atoms. The first kappa shape index (κ1) is 18.2. The van der Waals surface area contributed by atoms with Crippen LogP contribution < -0.4 is 10.1 Å². The summed E-state index contributed by atoms with van der Waals surface area (Å²) in [5, 5.41) is 7.64. The molecule has 0 aliphatic heterocycles. The van der Waals surface area contributed by atoms with Crippen LogP contribution in [-0.2, 0) is 11.3 Å². The molecule has 8 heteroatoms. The summed E-state index contributed by atoms with van der Waals surface area (Å²) >= 11 is 11.9. The van der Waals surface area contributed by atoms with E-state index in [4.69, 9.17) is 32.5 Å². The van der Waals surface area contributed by atoms with Crippen molar-refractivity contribution in [3.8, 4) is 17.1 Å². The van der Waals surface area contributed by atoms with Crippen LogP contribution in [0.25, 0.3) is 11.4 Å². The highest BCUT2D eigenvalue weighted by molar-refractivity contribution is 6.32. The zero-order valence-corrected chi connectivity index (χ0v) is 15.3. The van der Waals surface area contributed by atoms with E-state index >= 15 is 0 Å². The average Bonchev–Trinajstić information content (AvgIpc) is 3.11. The number of nitrogens with one attached hydrogen (secondary N) is 1. The molecule has 3 rings (SSSR count). The fourth-order valence-electron chi connectivity index (χ4n) is 2.13. The maximum Gasteiger partial charge on any atom is 0.261 e. The summed E-state index contributed by atoms with van der Waals surface area (Å²) in [5.41, 5.74) is 0.770. The Bertz CT molecular complexity index is 897. The van der Waals surface area contributed by atoms with E-state index in [1.54, 1.807) is 55.5 Å². The molecule has 2 aromatic carbocycles. The van der Waals surface area contributed by atoms with E-state index in [1.165, 1.54) is 0 Å². The van der Waals surface area contributed by atoms with Crippen molar-refractivity contribution >= 4 is 29.1 Å². The minimum atomic E-state index is -0.728. The van der Waals surface area contributed by atoms with Gasteiger partial charge < -0.3 is 14.6 Å². The standard InChI is InChI=1S/C18H15Cl2N3O3/c1-11(25-15-5-3-2-4-14(15)20)18(24)21-10-16-22-17(23-26-16)12-6-8-13(19)9-7-12/h2-9,11H,10H2,1H3,(H,21,24)/t11-/m0/s1. The molecule has 0 saturated heterocycles. The molecule has 1 atom stereocenters. The van der Waals surface area contributed by atoms with E-state index in [0.717, 1.165) is 5.56 Å². The van der Waals surface area contributed by atoms with Gasteiger partial charge in [0.1, 0.15) is 5.75 Å². The molecule has 6 nitrogen and oxygen atoms in total. The summed E-state index contributed by atoms with van der Waals surface area (Å²) in [6.45, 7) is 1.72. The predicted molar refractivity (Wildman–Crippen MR) is 98.1 cm³/mol. The van der Waals surface area contributed by atoms with Gasteiger partial charge in [0.25, 0.3) is 5.91 Å². The zero-order valence-electron chi connectivity index (χ0n) is 13.8. The molecule has 0 bridgehead atoms. The van der Waals surface area contributed by atoms with Gasteiger partial charge in [0, 0.05) is 10.6 Å². The van der Waals surface area contributed by atoms with E-state index in [9.17, 15) is 4.79 Å². The molecule has 1 N–H and O–H groups in total. The molecular weight excluding hydrogens is 377 g/mol. The number of rotatable bonds is 6. The SMILES string of the molecule is C[C@H](Oc1ccccc1Cl)C(=O)NCc1nc(-c2ccc(Cl)cc2)no1. The lowest BCUT2D eigenvalue weighted by Crippen LogP contribution is -2.36. The number of para-hydroxylation sites is 1. The number of carbonyl (C=O) groups is 1. The highest BCUT2D eigenvalue weighted by Gasteiger charge is 2.17. The maximum atomic E-state index is 12.2. The number of hydrogen-bond donors (Lipinski definition) is 1. The molecule has 26 heavy (non-hydrogen) atoms. The van der Waals surface area contributed by atoms with Crippen LogP contribution in [-0.4, -0.2) is 22.2 Å². The van der Waals surface area contributed by atoms with E-state index in [1.807, 2.05) is 0 Å². The summed E-state index contributed by atoms with van der Waals surface area (Å²) in [6, 6.07) is 14.0. The molecule has 0 aliphatic carbocycles. The Labute approximate surface area is 160 Å². The van der Waals surface area contributed by atoms with Crippen molar-refractivity contribution in [2.75, 3.05) is 0 Å². The quantitative estimate of drug-likeness (QED) is 0.683. The second kappa shape index (κ2) is 8.21. The van der Waals surface area contributed by atoms with Crippen LogP contribution in [0.1, 0.15) is 12.8 Å². The van der Waals surface area contributed by atoms with Gasteiger partial charge in [-0.05, 0) is 43.3 Å². The van der Waals surface area contributed by atoms with E-state index in [0.29, 0.717) is 21.6 Å². The lowest BCUT2D eigenvalue weighted by molar-refractivity contribution is -0.127. The molecule has 1 amide bonds. The number of ether oxygens (including phenoxy) is 1. The van der Waals surface area contributed by atoms with Gasteiger partial charge in [-0.1, -0.05) is 40.5 Å². The van der Waals surface area contributed by atoms with Crippen LogP contribution in [0, 0.1) is 0 Å². The molecule has 0 aliphatic rings. The topological polar surface area (TPSA) is 77.2 Å². The highest BCUT2D eigenvalue weighted by atomic mass is 35.5. The van der Waals surface area contributed by atoms with Gasteiger partial charge in [0.05, 0.1) is 11.6 Å². The van der Waals surface area contributed by atoms with Crippen LogP contribution in [0.15, 0.2) is 53.1 Å². The first-order valence-corrected chi connectivity index (χ1v) is 8.56. The van der Waals surface area contributed by atoms with Crippen molar-refractivity contribution in [2.24, 2.45) is 0 Å². The van der Waals surface area contributed by atoms with Gasteiger partial charge in [0.15, 0.2) is 6.10 Å². The van der Waals surface area contributed by atoms with Gasteiger partial charge >= 0.3 is 0 Å². The van der Waals surface area contributed by atoms with E-state index in [-0.39, 0.29) is 18.3 Å². The minimum absolute atomic E-state index is 0.0929. The molecule has 0 unspecified atom stereocenters. The van der Waals surface area contributed by atoms with E-state index < -0.39 is 6.10 Å². The fraction of sp³-hybridized carbons (Fsp3) is 0.167. The molecule has 0 fully saturated rings. The van der Waals surface area contributed by atoms with Crippen molar-refractivity contribution in [1.82, 2.24) is 15.5 Å². The van der Waals surface area contributed by atoms with E-state index in [2.05, 4.69) is 15.5 Å². The molecule has 1 heterocycles. The van der Waals surface area contributed by atoms with Crippen molar-refractivity contribution in [1.29, 1.82) is 0 Å². The first-order chi connectivity index (χ1) is 12.5. The normalized spacial score (nSPS) is 11.8. The zero-order chi connectivity index (χ0) is 18.5. The number of carbonyl (C=O) groups excluding carboxylic acids is 1. The third-order valence-corrected chi connectivity index (χ3v) is 4.06. The Balaban J connectivity index is 1.56. The lowest BCUT2D eigenvalue weighted by Gasteiger charge is -2.14. The van der Waals surface area contributed by atoms with Crippen LogP contribution >= 0.6 is 23.2 Å². The van der Waals surface area contributed by atoms with Crippen molar-refractivity contribution in [3.63, 3.8) is 0 Å². The van der Waals surface area contributed by atoms with Crippen LogP contribution in [0.4, 0.5) is 0 Å². The molecule has 0 saturated carbocycles. The average molecular weight is 392 g/mol. The third kappa shape index (κ3) is 4.53. The van der Waals surface area contributed by atoms with Gasteiger partial charge in [-0.25, -0.2) is 0 Å². The van der Waals surface area contributed by atoms with Crippen molar-refractivity contribution in [3.05, 3.63) is 64.5 Å². The monoisotopic (exact) mass is 391 g/mol. The number of halogens is 2. The Morgan fingerprint density at radius 3 is 2.65 bits per heavy atom. The molecule has 1 aromatic heterocycles. The maximum absolute atomic E-state index is 12.2. The summed E-state index contributed by atoms with van der Waals surface area (Å²) in [5.74, 6) is 0.829. The molecular formula is C18H15Cl2N3O3. The highest BCUT2D eigenvalue weighted by Crippen LogP contribution is 2.24. The largest absolute Gasteiger partial charge is 0.479 e. The second-order valence-corrected chi connectivity index (χ2v) is 6.27. The van der Waals surface area contributed by atoms with Crippen LogP contribution in [0.3, 0.4) is 0 Å². The summed E-state index contributed by atoms with van der Waals surface area (Å²) < 4.78 is 10.7. The summed E-state index contributed by atoms with van der Waals surface area (Å²) in [7, 11) is 0. The Morgan fingerprint density at radius 2 is 1.92 bits per heavy atom. The van der Waals surface area contributed by atoms with Gasteiger partial charge in [-0.2, -0.15) is 4.98 Å². The number of hydrogen-bond acceptors (Lipinski definition) is 5. The predicted octanol–water partition coefficient (Wildman–Crippen LogP) is 4.13. The number of nitrogens with zero attached hydrogens (tertiary/aromatic N) is 2. The summed E-state index contributed by atoms with van der Waals surface area (Å²) in [6.07, 6.45) is -0.728. The Kier molecular flexibility index (Phi) is 5.75. The lowest BCUT2D eigenvalue weighted by atomic mass is 10.2. The van der Waals surface area contributed by atoms with Crippen LogP contribution in [0.2, 0.25) is 10.0 Å². The van der Waals surface area contributed by atoms with Gasteiger partial charge in [0.2, 0.25) is 11.7 Å².